The van der Waals surface area contributed by atoms with Crippen molar-refractivity contribution in [1.29, 1.82) is 0 Å². The Bertz CT molecular complexity index is 280. The van der Waals surface area contributed by atoms with Gasteiger partial charge in [-0.05, 0) is 24.3 Å². The lowest BCUT2D eigenvalue weighted by atomic mass is 9.81. The summed E-state index contributed by atoms with van der Waals surface area (Å²) in [5, 5.41) is 0. The third-order valence-corrected chi connectivity index (χ3v) is 3.37. The van der Waals surface area contributed by atoms with Gasteiger partial charge in [-0.15, -0.1) is 0 Å². The molecule has 3 N–H and O–H groups in total. The van der Waals surface area contributed by atoms with Crippen LogP contribution in [0, 0.1) is 5.92 Å². The maximum absolute atomic E-state index is 5.41. The van der Waals surface area contributed by atoms with Crippen LogP contribution in [0.25, 0.3) is 0 Å². The molecule has 2 rings (SSSR count). The molecule has 1 aliphatic heterocycles. The lowest BCUT2D eigenvalue weighted by Crippen LogP contribution is -2.54. The van der Waals surface area contributed by atoms with Crippen molar-refractivity contribution in [3.05, 3.63) is 35.9 Å². The molecule has 1 heterocycles. The van der Waals surface area contributed by atoms with E-state index in [2.05, 4.69) is 36.1 Å². The molecule has 1 fully saturated rings. The first-order valence-electron chi connectivity index (χ1n) is 5.83. The van der Waals surface area contributed by atoms with E-state index in [1.54, 1.807) is 0 Å². The first-order valence-corrected chi connectivity index (χ1v) is 5.83. The summed E-state index contributed by atoms with van der Waals surface area (Å²) in [6.45, 7) is 2.84. The fourth-order valence-corrected chi connectivity index (χ4v) is 2.49. The van der Waals surface area contributed by atoms with Gasteiger partial charge in [-0.3, -0.25) is 0 Å². The highest BCUT2D eigenvalue weighted by Gasteiger charge is 2.25. The minimum absolute atomic E-state index is 0.620. The third kappa shape index (κ3) is 2.58. The van der Waals surface area contributed by atoms with Gasteiger partial charge >= 0.3 is 0 Å². The first kappa shape index (κ1) is 10.7. The van der Waals surface area contributed by atoms with E-state index in [0.717, 1.165) is 25.7 Å². The SMILES string of the molecule is [NH3+]CC(c1ccccc1)C1CCOCC1. The molecule has 82 valence electrons. The zero-order chi connectivity index (χ0) is 10.5. The van der Waals surface area contributed by atoms with Crippen molar-refractivity contribution in [1.82, 2.24) is 0 Å². The molecule has 2 heteroatoms. The van der Waals surface area contributed by atoms with Gasteiger partial charge in [0, 0.05) is 19.1 Å². The third-order valence-electron chi connectivity index (χ3n) is 3.37. The van der Waals surface area contributed by atoms with Gasteiger partial charge in [-0.25, -0.2) is 0 Å². The van der Waals surface area contributed by atoms with Crippen LogP contribution in [0.4, 0.5) is 0 Å². The van der Waals surface area contributed by atoms with Gasteiger partial charge in [0.2, 0.25) is 0 Å². The highest BCUT2D eigenvalue weighted by molar-refractivity contribution is 5.20. The average molecular weight is 206 g/mol. The van der Waals surface area contributed by atoms with Gasteiger partial charge in [-0.1, -0.05) is 30.3 Å². The van der Waals surface area contributed by atoms with Crippen LogP contribution in [0.1, 0.15) is 24.3 Å². The molecule has 1 saturated heterocycles. The predicted molar refractivity (Wildman–Crippen MR) is 60.5 cm³/mol. The summed E-state index contributed by atoms with van der Waals surface area (Å²) >= 11 is 0. The van der Waals surface area contributed by atoms with E-state index in [9.17, 15) is 0 Å². The van der Waals surface area contributed by atoms with Gasteiger partial charge in [0.1, 0.15) is 0 Å². The van der Waals surface area contributed by atoms with Gasteiger partial charge in [0.15, 0.2) is 0 Å². The number of rotatable bonds is 3. The lowest BCUT2D eigenvalue weighted by Gasteiger charge is -2.28. The van der Waals surface area contributed by atoms with Crippen molar-refractivity contribution in [3.63, 3.8) is 0 Å². The van der Waals surface area contributed by atoms with Crippen molar-refractivity contribution >= 4 is 0 Å². The molecule has 15 heavy (non-hydrogen) atoms. The van der Waals surface area contributed by atoms with Gasteiger partial charge < -0.3 is 10.5 Å². The minimum Gasteiger partial charge on any atom is -0.381 e. The second kappa shape index (κ2) is 5.29. The lowest BCUT2D eigenvalue weighted by molar-refractivity contribution is -0.375. The highest BCUT2D eigenvalue weighted by Crippen LogP contribution is 2.30. The average Bonchev–Trinajstić information content (AvgIpc) is 2.33. The zero-order valence-corrected chi connectivity index (χ0v) is 9.19. The predicted octanol–water partition coefficient (Wildman–Crippen LogP) is 1.44. The zero-order valence-electron chi connectivity index (χ0n) is 9.19. The molecule has 1 aliphatic rings. The van der Waals surface area contributed by atoms with E-state index in [1.165, 1.54) is 18.4 Å². The molecule has 0 aromatic heterocycles. The Morgan fingerprint density at radius 2 is 1.87 bits per heavy atom. The standard InChI is InChI=1S/C13H19NO/c14-10-13(11-4-2-1-3-5-11)12-6-8-15-9-7-12/h1-5,12-13H,6-10,14H2/p+1. The summed E-state index contributed by atoms with van der Waals surface area (Å²) in [7, 11) is 0. The van der Waals surface area contributed by atoms with E-state index in [0.29, 0.717) is 5.92 Å². The van der Waals surface area contributed by atoms with Crippen LogP contribution in [-0.2, 0) is 4.74 Å². The first-order chi connectivity index (χ1) is 7.42. The summed E-state index contributed by atoms with van der Waals surface area (Å²) in [4.78, 5) is 0. The number of benzene rings is 1. The van der Waals surface area contributed by atoms with E-state index in [1.807, 2.05) is 0 Å². The molecule has 0 radical (unpaired) electrons. The maximum atomic E-state index is 5.41. The Hall–Kier alpha value is -0.860. The molecule has 0 spiro atoms. The maximum Gasteiger partial charge on any atom is 0.0812 e. The minimum atomic E-state index is 0.620. The summed E-state index contributed by atoms with van der Waals surface area (Å²) in [6.07, 6.45) is 2.38. The Labute approximate surface area is 91.4 Å². The largest absolute Gasteiger partial charge is 0.381 e. The topological polar surface area (TPSA) is 36.9 Å². The van der Waals surface area contributed by atoms with Crippen LogP contribution >= 0.6 is 0 Å². The number of hydrogen-bond acceptors (Lipinski definition) is 1. The Balaban J connectivity index is 2.09. The fraction of sp³-hybridized carbons (Fsp3) is 0.538. The molecular formula is C13H20NO+. The Morgan fingerprint density at radius 1 is 1.20 bits per heavy atom. The van der Waals surface area contributed by atoms with Gasteiger partial charge in [0.25, 0.3) is 0 Å². The normalized spacial score (nSPS) is 20.1. The van der Waals surface area contributed by atoms with E-state index in [4.69, 9.17) is 4.74 Å². The number of quaternary nitrogens is 1. The van der Waals surface area contributed by atoms with Crippen LogP contribution in [0.2, 0.25) is 0 Å². The molecule has 1 atom stereocenters. The highest BCUT2D eigenvalue weighted by atomic mass is 16.5. The van der Waals surface area contributed by atoms with Crippen LogP contribution in [0.5, 0.6) is 0 Å². The second-order valence-electron chi connectivity index (χ2n) is 4.26. The Morgan fingerprint density at radius 3 is 2.47 bits per heavy atom. The molecular weight excluding hydrogens is 186 g/mol. The van der Waals surface area contributed by atoms with Gasteiger partial charge in [0.05, 0.1) is 6.54 Å². The molecule has 2 nitrogen and oxygen atoms in total. The summed E-state index contributed by atoms with van der Waals surface area (Å²) < 4.78 is 5.41. The van der Waals surface area contributed by atoms with Crippen molar-refractivity contribution in [3.8, 4) is 0 Å². The summed E-state index contributed by atoms with van der Waals surface area (Å²) in [5.74, 6) is 1.38. The van der Waals surface area contributed by atoms with E-state index >= 15 is 0 Å². The fourth-order valence-electron chi connectivity index (χ4n) is 2.49. The monoisotopic (exact) mass is 206 g/mol. The summed E-state index contributed by atoms with van der Waals surface area (Å²) in [6, 6.07) is 10.8. The molecule has 0 aliphatic carbocycles. The molecule has 1 unspecified atom stereocenters. The number of hydrogen-bond donors (Lipinski definition) is 1. The Kier molecular flexibility index (Phi) is 3.75. The molecule has 1 aromatic rings. The van der Waals surface area contributed by atoms with Crippen LogP contribution in [0.3, 0.4) is 0 Å². The van der Waals surface area contributed by atoms with Crippen LogP contribution in [-0.4, -0.2) is 19.8 Å². The van der Waals surface area contributed by atoms with Gasteiger partial charge in [-0.2, -0.15) is 0 Å². The molecule has 1 aromatic carbocycles. The smallest absolute Gasteiger partial charge is 0.0812 e. The summed E-state index contributed by atoms with van der Waals surface area (Å²) in [5.41, 5.74) is 5.54. The van der Waals surface area contributed by atoms with Crippen molar-refractivity contribution < 1.29 is 10.5 Å². The second-order valence-corrected chi connectivity index (χ2v) is 4.26. The number of ether oxygens (including phenoxy) is 1. The van der Waals surface area contributed by atoms with Crippen molar-refractivity contribution in [2.45, 2.75) is 18.8 Å². The van der Waals surface area contributed by atoms with E-state index in [-0.39, 0.29) is 0 Å². The van der Waals surface area contributed by atoms with Crippen molar-refractivity contribution in [2.24, 2.45) is 5.92 Å². The quantitative estimate of drug-likeness (QED) is 0.798. The molecule has 0 amide bonds. The van der Waals surface area contributed by atoms with E-state index < -0.39 is 0 Å². The molecule has 0 bridgehead atoms. The van der Waals surface area contributed by atoms with Crippen LogP contribution in [0.15, 0.2) is 30.3 Å². The van der Waals surface area contributed by atoms with Crippen LogP contribution < -0.4 is 5.73 Å². The van der Waals surface area contributed by atoms with Crippen molar-refractivity contribution in [2.75, 3.05) is 19.8 Å². The molecule has 0 saturated carbocycles.